The zero-order valence-electron chi connectivity index (χ0n) is 21.4. The van der Waals surface area contributed by atoms with Crippen molar-refractivity contribution in [3.63, 3.8) is 0 Å². The molecule has 4 aromatic rings. The van der Waals surface area contributed by atoms with E-state index < -0.39 is 34.9 Å². The van der Waals surface area contributed by atoms with Gasteiger partial charge in [-0.1, -0.05) is 29.3 Å². The summed E-state index contributed by atoms with van der Waals surface area (Å²) in [5.41, 5.74) is 0.746. The first-order valence-electron chi connectivity index (χ1n) is 12.5. The molecule has 4 heterocycles. The number of halogens is 2. The van der Waals surface area contributed by atoms with Crippen LogP contribution in [-0.2, 0) is 20.8 Å². The molecule has 42 heavy (non-hydrogen) atoms. The zero-order chi connectivity index (χ0) is 29.5. The number of thiophene rings is 1. The number of rotatable bonds is 8. The Bertz CT molecular complexity index is 1830. The summed E-state index contributed by atoms with van der Waals surface area (Å²) < 4.78 is 6.04. The Kier molecular flexibility index (Phi) is 7.71. The standard InChI is InChI=1S/C28H20Cl2N4O6S2/c29-14-3-5-19-17(8-14)25(36)33-24(31-19)18-9-15(30)4-6-20(18)40-11-13-12-42-27-22(26(37)34(27)23(13)28(38)39)32-21(35)10-16-2-1-7-41-16/h1-9,12,22-23,27H,10-11H2,(H,32,35)(H,38,39)(H,31,33,36)/t22-,23?,27+/m1/s1. The number of hydrogen-bond acceptors (Lipinski definition) is 8. The highest BCUT2D eigenvalue weighted by Crippen LogP contribution is 2.41. The van der Waals surface area contributed by atoms with Crippen molar-refractivity contribution in [2.24, 2.45) is 0 Å². The highest BCUT2D eigenvalue weighted by Gasteiger charge is 2.55. The Morgan fingerprint density at radius 2 is 1.90 bits per heavy atom. The van der Waals surface area contributed by atoms with Gasteiger partial charge in [-0.05, 0) is 53.3 Å². The molecule has 2 aromatic heterocycles. The summed E-state index contributed by atoms with van der Waals surface area (Å²) in [7, 11) is 0. The molecular weight excluding hydrogens is 623 g/mol. The van der Waals surface area contributed by atoms with Gasteiger partial charge < -0.3 is 25.0 Å². The van der Waals surface area contributed by atoms with Crippen molar-refractivity contribution in [3.05, 3.63) is 90.2 Å². The number of thioether (sulfide) groups is 1. The maximum Gasteiger partial charge on any atom is 0.330 e. The fourth-order valence-electron chi connectivity index (χ4n) is 4.84. The summed E-state index contributed by atoms with van der Waals surface area (Å²) in [5.74, 6) is -1.51. The average Bonchev–Trinajstić information content (AvgIpc) is 3.47. The van der Waals surface area contributed by atoms with Gasteiger partial charge in [-0.2, -0.15) is 0 Å². The van der Waals surface area contributed by atoms with Gasteiger partial charge in [-0.15, -0.1) is 23.1 Å². The molecule has 2 aliphatic heterocycles. The predicted octanol–water partition coefficient (Wildman–Crippen LogP) is 4.32. The van der Waals surface area contributed by atoms with Crippen molar-refractivity contribution >= 4 is 75.0 Å². The second-order valence-corrected chi connectivity index (χ2v) is 12.4. The topological polar surface area (TPSA) is 142 Å². The minimum atomic E-state index is -1.27. The van der Waals surface area contributed by atoms with Gasteiger partial charge in [0.15, 0.2) is 6.04 Å². The van der Waals surface area contributed by atoms with Gasteiger partial charge in [0, 0.05) is 20.5 Å². The normalized spacial score (nSPS) is 19.6. The number of nitrogens with zero attached hydrogens (tertiary/aromatic N) is 2. The number of nitrogens with one attached hydrogen (secondary N) is 2. The van der Waals surface area contributed by atoms with E-state index in [-0.39, 0.29) is 24.8 Å². The average molecular weight is 644 g/mol. The van der Waals surface area contributed by atoms with E-state index in [2.05, 4.69) is 15.3 Å². The molecule has 0 radical (unpaired) electrons. The Morgan fingerprint density at radius 3 is 2.67 bits per heavy atom. The molecule has 214 valence electrons. The van der Waals surface area contributed by atoms with Crippen molar-refractivity contribution in [2.75, 3.05) is 6.61 Å². The number of aliphatic carboxylic acids is 1. The molecule has 0 bridgehead atoms. The number of carboxylic acids is 1. The minimum Gasteiger partial charge on any atom is -0.488 e. The monoisotopic (exact) mass is 642 g/mol. The maximum atomic E-state index is 13.0. The van der Waals surface area contributed by atoms with Gasteiger partial charge in [0.2, 0.25) is 11.8 Å². The lowest BCUT2D eigenvalue weighted by Crippen LogP contribution is -2.74. The molecular formula is C28H20Cl2N4O6S2. The fraction of sp³-hybridized carbons (Fsp3) is 0.179. The summed E-state index contributed by atoms with van der Waals surface area (Å²) in [6.45, 7) is -0.169. The molecule has 3 atom stereocenters. The summed E-state index contributed by atoms with van der Waals surface area (Å²) in [6, 6.07) is 11.1. The number of aromatic nitrogens is 2. The number of carbonyl (C=O) groups excluding carboxylic acids is 2. The molecule has 1 fully saturated rings. The van der Waals surface area contributed by atoms with Crippen molar-refractivity contribution in [1.82, 2.24) is 20.2 Å². The van der Waals surface area contributed by atoms with E-state index in [0.717, 1.165) is 4.88 Å². The van der Waals surface area contributed by atoms with Crippen molar-refractivity contribution in [1.29, 1.82) is 0 Å². The SMILES string of the molecule is O=C(Cc1cccs1)N[C@@H]1C(=O)N2C(C(=O)O)C(COc3ccc(Cl)cc3-c3nc4ccc(Cl)cc4c(=O)[nH]3)=CS[C@@H]12. The predicted molar refractivity (Wildman–Crippen MR) is 161 cm³/mol. The number of amides is 2. The number of ether oxygens (including phenoxy) is 1. The van der Waals surface area contributed by atoms with Gasteiger partial charge in [-0.3, -0.25) is 14.4 Å². The van der Waals surface area contributed by atoms with Crippen LogP contribution in [0.2, 0.25) is 10.0 Å². The van der Waals surface area contributed by atoms with Gasteiger partial charge in [0.05, 0.1) is 22.9 Å². The molecule has 2 aromatic carbocycles. The second-order valence-electron chi connectivity index (χ2n) is 9.51. The number of aromatic amines is 1. The van der Waals surface area contributed by atoms with E-state index in [1.165, 1.54) is 34.1 Å². The highest BCUT2D eigenvalue weighted by molar-refractivity contribution is 8.03. The third kappa shape index (κ3) is 5.38. The van der Waals surface area contributed by atoms with Gasteiger partial charge >= 0.3 is 5.97 Å². The maximum absolute atomic E-state index is 13.0. The van der Waals surface area contributed by atoms with Crippen LogP contribution < -0.4 is 15.6 Å². The third-order valence-corrected chi connectivity index (χ3v) is 9.36. The number of β-lactam (4-membered cyclic amide) rings is 1. The molecule has 1 unspecified atom stereocenters. The molecule has 0 spiro atoms. The van der Waals surface area contributed by atoms with Crippen LogP contribution >= 0.6 is 46.3 Å². The molecule has 0 saturated carbocycles. The molecule has 3 N–H and O–H groups in total. The van der Waals surface area contributed by atoms with Gasteiger partial charge in [0.1, 0.15) is 29.6 Å². The number of fused-ring (bicyclic) bond motifs is 2. The third-order valence-electron chi connectivity index (χ3n) is 6.79. The Labute approximate surface area is 256 Å². The van der Waals surface area contributed by atoms with Crippen LogP contribution in [0.15, 0.2) is 69.7 Å². The van der Waals surface area contributed by atoms with E-state index in [4.69, 9.17) is 27.9 Å². The Morgan fingerprint density at radius 1 is 1.12 bits per heavy atom. The van der Waals surface area contributed by atoms with Crippen LogP contribution in [0.5, 0.6) is 5.75 Å². The first-order valence-corrected chi connectivity index (χ1v) is 15.1. The largest absolute Gasteiger partial charge is 0.488 e. The highest BCUT2D eigenvalue weighted by atomic mass is 35.5. The second kappa shape index (κ2) is 11.4. The number of hydrogen-bond donors (Lipinski definition) is 3. The van der Waals surface area contributed by atoms with Crippen LogP contribution in [0, 0.1) is 0 Å². The Hall–Kier alpha value is -3.84. The Balaban J connectivity index is 1.22. The first-order chi connectivity index (χ1) is 20.2. The number of carboxylic acid groups (broad SMARTS) is 1. The molecule has 2 amide bonds. The quantitative estimate of drug-likeness (QED) is 0.241. The lowest BCUT2D eigenvalue weighted by molar-refractivity contribution is -0.160. The molecule has 1 saturated heterocycles. The van der Waals surface area contributed by atoms with E-state index in [1.807, 2.05) is 17.5 Å². The summed E-state index contributed by atoms with van der Waals surface area (Å²) in [5, 5.41) is 16.8. The van der Waals surface area contributed by atoms with E-state index >= 15 is 0 Å². The summed E-state index contributed by atoms with van der Waals surface area (Å²) >= 11 is 15.0. The van der Waals surface area contributed by atoms with Crippen LogP contribution in [0.1, 0.15) is 4.88 Å². The van der Waals surface area contributed by atoms with Gasteiger partial charge in [0.25, 0.3) is 5.56 Å². The minimum absolute atomic E-state index is 0.143. The van der Waals surface area contributed by atoms with Crippen LogP contribution in [-0.4, -0.2) is 61.8 Å². The van der Waals surface area contributed by atoms with Crippen LogP contribution in [0.25, 0.3) is 22.3 Å². The molecule has 14 heteroatoms. The molecule has 2 aliphatic rings. The van der Waals surface area contributed by atoms with Crippen molar-refractivity contribution in [3.8, 4) is 17.1 Å². The molecule has 6 rings (SSSR count). The van der Waals surface area contributed by atoms with Crippen molar-refractivity contribution < 1.29 is 24.2 Å². The number of carbonyl (C=O) groups is 3. The number of benzene rings is 2. The summed E-state index contributed by atoms with van der Waals surface area (Å²) in [4.78, 5) is 59.9. The zero-order valence-corrected chi connectivity index (χ0v) is 24.5. The van der Waals surface area contributed by atoms with E-state index in [9.17, 15) is 24.3 Å². The van der Waals surface area contributed by atoms with Crippen LogP contribution in [0.4, 0.5) is 0 Å². The molecule has 10 nitrogen and oxygen atoms in total. The smallest absolute Gasteiger partial charge is 0.330 e. The molecule has 0 aliphatic carbocycles. The first kappa shape index (κ1) is 28.3. The van der Waals surface area contributed by atoms with Gasteiger partial charge in [-0.25, -0.2) is 9.78 Å². The lowest BCUT2D eigenvalue weighted by Gasteiger charge is -2.51. The van der Waals surface area contributed by atoms with E-state index in [0.29, 0.717) is 37.8 Å². The lowest BCUT2D eigenvalue weighted by atomic mass is 9.98. The number of H-pyrrole nitrogens is 1. The van der Waals surface area contributed by atoms with E-state index in [1.54, 1.807) is 35.7 Å². The summed E-state index contributed by atoms with van der Waals surface area (Å²) in [6.07, 6.45) is 0.143. The fourth-order valence-corrected chi connectivity index (χ4v) is 7.09. The van der Waals surface area contributed by atoms with Crippen LogP contribution in [0.3, 0.4) is 0 Å². The van der Waals surface area contributed by atoms with Crippen molar-refractivity contribution in [2.45, 2.75) is 23.9 Å².